The third kappa shape index (κ3) is 2.42. The second-order valence-electron chi connectivity index (χ2n) is 3.79. The monoisotopic (exact) mass is 272 g/mol. The second kappa shape index (κ2) is 4.88. The Kier molecular flexibility index (Phi) is 3.09. The van der Waals surface area contributed by atoms with Crippen LogP contribution in [0.2, 0.25) is 4.47 Å². The summed E-state index contributed by atoms with van der Waals surface area (Å²) in [6.45, 7) is 0. The molecule has 3 rings (SSSR count). The first-order valence-corrected chi connectivity index (χ1v) is 6.64. The molecule has 0 saturated carbocycles. The van der Waals surface area contributed by atoms with Crippen LogP contribution in [0.15, 0.2) is 65.8 Å². The molecule has 0 saturated heterocycles. The number of aromatic nitrogens is 2. The molecule has 0 unspecified atom stereocenters. The van der Waals surface area contributed by atoms with Gasteiger partial charge in [0.2, 0.25) is 4.47 Å². The van der Waals surface area contributed by atoms with Crippen molar-refractivity contribution in [1.29, 1.82) is 0 Å². The number of allylic oxidation sites excluding steroid dienone is 12. The number of nitrogens with zero attached hydrogens (tertiary/aromatic N) is 2. The van der Waals surface area contributed by atoms with Crippen LogP contribution in [-0.4, -0.2) is 9.36 Å². The van der Waals surface area contributed by atoms with Gasteiger partial charge >= 0.3 is 0 Å². The molecule has 0 aliphatic heterocycles. The van der Waals surface area contributed by atoms with Crippen molar-refractivity contribution < 1.29 is 0 Å². The molecule has 2 aliphatic rings. The Bertz CT molecular complexity index is 657. The lowest BCUT2D eigenvalue weighted by Gasteiger charge is -1.94. The van der Waals surface area contributed by atoms with Gasteiger partial charge in [-0.05, 0) is 40.4 Å². The summed E-state index contributed by atoms with van der Waals surface area (Å²) < 4.78 is 4.73. The predicted molar refractivity (Wildman–Crippen MR) is 76.5 cm³/mol. The molecule has 2 aliphatic carbocycles. The first-order valence-electron chi connectivity index (χ1n) is 5.48. The van der Waals surface area contributed by atoms with E-state index in [0.29, 0.717) is 10.3 Å². The van der Waals surface area contributed by atoms with Gasteiger partial charge in [0, 0.05) is 5.57 Å². The van der Waals surface area contributed by atoms with Crippen LogP contribution in [-0.2, 0) is 0 Å². The number of fused-ring (bicyclic) bond motifs is 1. The summed E-state index contributed by atoms with van der Waals surface area (Å²) in [4.78, 5) is 4.23. The van der Waals surface area contributed by atoms with E-state index >= 15 is 0 Å². The van der Waals surface area contributed by atoms with Crippen molar-refractivity contribution >= 4 is 28.7 Å². The fraction of sp³-hybridized carbons (Fsp3) is 0. The van der Waals surface area contributed by atoms with E-state index in [4.69, 9.17) is 11.6 Å². The highest BCUT2D eigenvalue weighted by molar-refractivity contribution is 7.10. The fourth-order valence-corrected chi connectivity index (χ4v) is 2.27. The van der Waals surface area contributed by atoms with Crippen molar-refractivity contribution in [2.75, 3.05) is 0 Å². The fourth-order valence-electron chi connectivity index (χ4n) is 1.66. The number of rotatable bonds is 1. The zero-order valence-corrected chi connectivity index (χ0v) is 10.9. The van der Waals surface area contributed by atoms with Crippen LogP contribution < -0.4 is 0 Å². The van der Waals surface area contributed by atoms with Crippen LogP contribution in [0.1, 0.15) is 5.82 Å². The van der Waals surface area contributed by atoms with E-state index in [1.807, 2.05) is 42.5 Å². The summed E-state index contributed by atoms with van der Waals surface area (Å²) in [6, 6.07) is 0. The first kappa shape index (κ1) is 11.4. The average Bonchev–Trinajstić information content (AvgIpc) is 2.99. The van der Waals surface area contributed by atoms with E-state index in [9.17, 15) is 0 Å². The van der Waals surface area contributed by atoms with Gasteiger partial charge in [0.05, 0.1) is 0 Å². The van der Waals surface area contributed by atoms with Gasteiger partial charge in [0.1, 0.15) is 0 Å². The third-order valence-electron chi connectivity index (χ3n) is 2.55. The summed E-state index contributed by atoms with van der Waals surface area (Å²) in [5.41, 5.74) is 3.41. The Morgan fingerprint density at radius 3 is 2.33 bits per heavy atom. The van der Waals surface area contributed by atoms with Gasteiger partial charge in [-0.1, -0.05) is 48.6 Å². The minimum atomic E-state index is 0.468. The molecule has 2 nitrogen and oxygen atoms in total. The van der Waals surface area contributed by atoms with Crippen LogP contribution in [0, 0.1) is 0 Å². The summed E-state index contributed by atoms with van der Waals surface area (Å²) >= 11 is 7.05. The van der Waals surface area contributed by atoms with Crippen molar-refractivity contribution in [3.8, 4) is 0 Å². The largest absolute Gasteiger partial charge is 0.203 e. The molecule has 0 aromatic carbocycles. The minimum absolute atomic E-state index is 0.468. The molecule has 0 amide bonds. The van der Waals surface area contributed by atoms with Gasteiger partial charge < -0.3 is 0 Å². The molecular formula is C14H9ClN2S. The van der Waals surface area contributed by atoms with Gasteiger partial charge in [-0.25, -0.2) is 4.98 Å². The lowest BCUT2D eigenvalue weighted by Crippen LogP contribution is -1.85. The maximum absolute atomic E-state index is 5.84. The van der Waals surface area contributed by atoms with Crippen LogP contribution >= 0.6 is 23.1 Å². The Hall–Kier alpha value is -1.71. The third-order valence-corrected chi connectivity index (χ3v) is 3.35. The Balaban J connectivity index is 2.01. The van der Waals surface area contributed by atoms with Crippen LogP contribution in [0.4, 0.5) is 0 Å². The maximum Gasteiger partial charge on any atom is 0.203 e. The predicted octanol–water partition coefficient (Wildman–Crippen LogP) is 4.12. The van der Waals surface area contributed by atoms with E-state index in [1.165, 1.54) is 22.7 Å². The molecule has 0 N–H and O–H groups in total. The van der Waals surface area contributed by atoms with Crippen molar-refractivity contribution in [2.45, 2.75) is 0 Å². The van der Waals surface area contributed by atoms with Crippen molar-refractivity contribution in [2.24, 2.45) is 0 Å². The second-order valence-corrected chi connectivity index (χ2v) is 5.12. The van der Waals surface area contributed by atoms with Gasteiger partial charge in [-0.3, -0.25) is 0 Å². The van der Waals surface area contributed by atoms with Crippen molar-refractivity contribution in [1.82, 2.24) is 9.36 Å². The Labute approximate surface area is 114 Å². The van der Waals surface area contributed by atoms with Gasteiger partial charge in [-0.15, -0.1) is 0 Å². The topological polar surface area (TPSA) is 25.8 Å². The lowest BCUT2D eigenvalue weighted by atomic mass is 10.1. The molecule has 0 fully saturated rings. The average molecular weight is 273 g/mol. The first-order chi connectivity index (χ1) is 8.84. The molecule has 18 heavy (non-hydrogen) atoms. The van der Waals surface area contributed by atoms with E-state index in [1.54, 1.807) is 0 Å². The van der Waals surface area contributed by atoms with E-state index < -0.39 is 0 Å². The molecule has 1 aromatic rings. The normalized spacial score (nSPS) is 17.5. The molecule has 0 spiro atoms. The molecule has 0 bridgehead atoms. The zero-order valence-electron chi connectivity index (χ0n) is 9.38. The van der Waals surface area contributed by atoms with Crippen LogP contribution in [0.3, 0.4) is 0 Å². The molecule has 0 radical (unpaired) electrons. The van der Waals surface area contributed by atoms with Crippen molar-refractivity contribution in [3.05, 3.63) is 76.1 Å². The molecule has 88 valence electrons. The minimum Gasteiger partial charge on any atom is -0.203 e. The van der Waals surface area contributed by atoms with Crippen molar-refractivity contribution in [3.63, 3.8) is 0 Å². The molecule has 1 heterocycles. The molecule has 1 aromatic heterocycles. The summed E-state index contributed by atoms with van der Waals surface area (Å²) in [6.07, 6.45) is 18.2. The number of hydrogen-bond acceptors (Lipinski definition) is 3. The molecular weight excluding hydrogens is 264 g/mol. The van der Waals surface area contributed by atoms with E-state index in [0.717, 1.165) is 5.57 Å². The SMILES string of the molecule is Clc1nc(C2=C3C=C3C=CC=CC=CC=C2)ns1. The maximum atomic E-state index is 5.84. The Morgan fingerprint density at radius 2 is 1.61 bits per heavy atom. The summed E-state index contributed by atoms with van der Waals surface area (Å²) in [5.74, 6) is 0.691. The number of halogens is 1. The smallest absolute Gasteiger partial charge is 0.203 e. The van der Waals surface area contributed by atoms with Crippen LogP contribution in [0.5, 0.6) is 0 Å². The van der Waals surface area contributed by atoms with Crippen LogP contribution in [0.25, 0.3) is 5.57 Å². The summed E-state index contributed by atoms with van der Waals surface area (Å²) in [7, 11) is 0. The standard InChI is InChI=1S/C14H9ClN2S/c15-14-16-13(17-18-14)11-8-6-4-2-1-3-5-7-10-9-12(10)11/h1-9H. The van der Waals surface area contributed by atoms with Gasteiger partial charge in [-0.2, -0.15) is 4.37 Å². The highest BCUT2D eigenvalue weighted by atomic mass is 35.5. The Morgan fingerprint density at radius 1 is 0.889 bits per heavy atom. The zero-order chi connectivity index (χ0) is 12.4. The summed E-state index contributed by atoms with van der Waals surface area (Å²) in [5, 5.41) is 0. The quantitative estimate of drug-likeness (QED) is 0.768. The lowest BCUT2D eigenvalue weighted by molar-refractivity contribution is 1.26. The molecule has 4 heteroatoms. The highest BCUT2D eigenvalue weighted by Crippen LogP contribution is 2.37. The van der Waals surface area contributed by atoms with Gasteiger partial charge in [0.25, 0.3) is 0 Å². The number of hydrogen-bond donors (Lipinski definition) is 0. The van der Waals surface area contributed by atoms with E-state index in [-0.39, 0.29) is 0 Å². The molecule has 0 atom stereocenters. The highest BCUT2D eigenvalue weighted by Gasteiger charge is 2.20. The van der Waals surface area contributed by atoms with Gasteiger partial charge in [0.15, 0.2) is 5.82 Å². The van der Waals surface area contributed by atoms with E-state index in [2.05, 4.69) is 21.5 Å².